The molecule has 2 aromatic carbocycles. The second kappa shape index (κ2) is 6.64. The third-order valence-corrected chi connectivity index (χ3v) is 4.63. The van der Waals surface area contributed by atoms with Gasteiger partial charge in [-0.05, 0) is 18.2 Å². The van der Waals surface area contributed by atoms with Crippen LogP contribution in [0.1, 0.15) is 22.1 Å². The van der Waals surface area contributed by atoms with Crippen molar-refractivity contribution in [2.45, 2.75) is 6.17 Å². The molecule has 1 fully saturated rings. The van der Waals surface area contributed by atoms with Crippen molar-refractivity contribution in [3.8, 4) is 0 Å². The van der Waals surface area contributed by atoms with Crippen molar-refractivity contribution >= 4 is 23.0 Å². The highest BCUT2D eigenvalue weighted by atomic mass is 16.6. The number of hydrogen-bond acceptors (Lipinski definition) is 6. The molecule has 0 bridgehead atoms. The number of carbonyl (C=O) groups excluding carboxylic acids is 1. The Balaban J connectivity index is 1.66. The molecule has 1 saturated heterocycles. The van der Waals surface area contributed by atoms with Gasteiger partial charge in [-0.3, -0.25) is 14.9 Å². The maximum absolute atomic E-state index is 12.3. The van der Waals surface area contributed by atoms with Gasteiger partial charge >= 0.3 is 0 Å². The number of morpholine rings is 1. The molecule has 1 amide bonds. The predicted molar refractivity (Wildman–Crippen MR) is 96.4 cm³/mol. The van der Waals surface area contributed by atoms with Crippen LogP contribution in [0.4, 0.5) is 17.1 Å². The van der Waals surface area contributed by atoms with Gasteiger partial charge in [-0.2, -0.15) is 0 Å². The van der Waals surface area contributed by atoms with Crippen molar-refractivity contribution in [2.75, 3.05) is 36.5 Å². The number of nitrogens with zero attached hydrogens (tertiary/aromatic N) is 2. The summed E-state index contributed by atoms with van der Waals surface area (Å²) < 4.78 is 5.32. The van der Waals surface area contributed by atoms with Crippen molar-refractivity contribution in [1.29, 1.82) is 0 Å². The summed E-state index contributed by atoms with van der Waals surface area (Å²) in [6.07, 6.45) is -0.519. The molecule has 26 heavy (non-hydrogen) atoms. The van der Waals surface area contributed by atoms with Gasteiger partial charge < -0.3 is 20.3 Å². The van der Waals surface area contributed by atoms with E-state index in [9.17, 15) is 14.9 Å². The first-order valence-corrected chi connectivity index (χ1v) is 8.41. The molecule has 2 N–H and O–H groups in total. The van der Waals surface area contributed by atoms with Gasteiger partial charge in [-0.1, -0.05) is 18.2 Å². The summed E-state index contributed by atoms with van der Waals surface area (Å²) in [5.74, 6) is -0.204. The Morgan fingerprint density at radius 1 is 1.12 bits per heavy atom. The largest absolute Gasteiger partial charge is 0.378 e. The Hall–Kier alpha value is -3.13. The van der Waals surface area contributed by atoms with Gasteiger partial charge in [0.05, 0.1) is 23.7 Å². The Labute approximate surface area is 149 Å². The molecule has 2 heterocycles. The lowest BCUT2D eigenvalue weighted by molar-refractivity contribution is -0.384. The molecule has 4 rings (SSSR count). The topological polar surface area (TPSA) is 96.7 Å². The molecule has 134 valence electrons. The number of nitro groups is 1. The maximum Gasteiger partial charge on any atom is 0.292 e. The molecule has 2 aliphatic rings. The van der Waals surface area contributed by atoms with Gasteiger partial charge in [-0.15, -0.1) is 0 Å². The van der Waals surface area contributed by atoms with Crippen molar-refractivity contribution in [3.05, 3.63) is 63.7 Å². The number of ether oxygens (including phenoxy) is 1. The number of nitro benzene ring substituents is 1. The molecule has 8 nitrogen and oxygen atoms in total. The molecular formula is C18H18N4O4. The zero-order chi connectivity index (χ0) is 18.1. The molecular weight excluding hydrogens is 336 g/mol. The molecule has 0 aliphatic carbocycles. The third-order valence-electron chi connectivity index (χ3n) is 4.63. The first-order valence-electron chi connectivity index (χ1n) is 8.41. The minimum atomic E-state index is -0.519. The second-order valence-corrected chi connectivity index (χ2v) is 6.20. The average Bonchev–Trinajstić information content (AvgIpc) is 2.68. The summed E-state index contributed by atoms with van der Waals surface area (Å²) in [6.45, 7) is 2.34. The molecule has 0 unspecified atom stereocenters. The number of para-hydroxylation sites is 1. The Morgan fingerprint density at radius 2 is 1.88 bits per heavy atom. The summed E-state index contributed by atoms with van der Waals surface area (Å²) in [5, 5.41) is 17.7. The van der Waals surface area contributed by atoms with Gasteiger partial charge in [0, 0.05) is 30.4 Å². The van der Waals surface area contributed by atoms with Crippen LogP contribution in [0.2, 0.25) is 0 Å². The zero-order valence-electron chi connectivity index (χ0n) is 14.0. The van der Waals surface area contributed by atoms with E-state index < -0.39 is 6.17 Å². The fourth-order valence-corrected chi connectivity index (χ4v) is 3.31. The Bertz CT molecular complexity index is 864. The first kappa shape index (κ1) is 16.3. The highest BCUT2D eigenvalue weighted by molar-refractivity contribution is 6.01. The van der Waals surface area contributed by atoms with E-state index in [1.165, 1.54) is 6.07 Å². The summed E-state index contributed by atoms with van der Waals surface area (Å²) in [7, 11) is 0. The van der Waals surface area contributed by atoms with Crippen molar-refractivity contribution in [1.82, 2.24) is 5.32 Å². The number of carbonyl (C=O) groups is 1. The molecule has 0 radical (unpaired) electrons. The van der Waals surface area contributed by atoms with Gasteiger partial charge in [-0.25, -0.2) is 0 Å². The summed E-state index contributed by atoms with van der Waals surface area (Å²) in [6, 6.07) is 12.3. The van der Waals surface area contributed by atoms with Crippen LogP contribution in [0.15, 0.2) is 42.5 Å². The van der Waals surface area contributed by atoms with Crippen LogP contribution < -0.4 is 15.5 Å². The van der Waals surface area contributed by atoms with Crippen molar-refractivity contribution in [2.24, 2.45) is 0 Å². The van der Waals surface area contributed by atoms with E-state index in [0.29, 0.717) is 48.8 Å². The van der Waals surface area contributed by atoms with E-state index in [1.54, 1.807) is 18.2 Å². The zero-order valence-corrected chi connectivity index (χ0v) is 14.0. The molecule has 2 aromatic rings. The normalized spacial score (nSPS) is 19.3. The Kier molecular flexibility index (Phi) is 4.18. The van der Waals surface area contributed by atoms with E-state index in [1.807, 2.05) is 23.1 Å². The quantitative estimate of drug-likeness (QED) is 0.648. The van der Waals surface area contributed by atoms with E-state index in [2.05, 4.69) is 10.6 Å². The summed E-state index contributed by atoms with van der Waals surface area (Å²) in [5.41, 5.74) is 2.50. The van der Waals surface area contributed by atoms with Crippen LogP contribution in [0.25, 0.3) is 0 Å². The first-order chi connectivity index (χ1) is 12.6. The maximum atomic E-state index is 12.3. The minimum Gasteiger partial charge on any atom is -0.378 e. The van der Waals surface area contributed by atoms with Crippen molar-refractivity contribution < 1.29 is 14.5 Å². The highest BCUT2D eigenvalue weighted by Gasteiger charge is 2.28. The van der Waals surface area contributed by atoms with E-state index in [-0.39, 0.29) is 16.5 Å². The number of rotatable bonds is 3. The van der Waals surface area contributed by atoms with E-state index >= 15 is 0 Å². The fourth-order valence-electron chi connectivity index (χ4n) is 3.31. The SMILES string of the molecule is O=C1N[C@@H](c2ccc(N3CCOCC3)c([N+](=O)[O-])c2)Nc2ccccc21. The minimum absolute atomic E-state index is 0.0271. The lowest BCUT2D eigenvalue weighted by Crippen LogP contribution is -2.38. The average molecular weight is 354 g/mol. The van der Waals surface area contributed by atoms with Gasteiger partial charge in [0.1, 0.15) is 11.9 Å². The molecule has 8 heteroatoms. The number of hydrogen-bond donors (Lipinski definition) is 2. The van der Waals surface area contributed by atoms with Crippen LogP contribution in [-0.2, 0) is 4.74 Å². The van der Waals surface area contributed by atoms with Gasteiger partial charge in [0.25, 0.3) is 11.6 Å². The summed E-state index contributed by atoms with van der Waals surface area (Å²) in [4.78, 5) is 25.5. The molecule has 2 aliphatic heterocycles. The molecule has 1 atom stereocenters. The number of nitrogens with one attached hydrogen (secondary N) is 2. The molecule has 0 aromatic heterocycles. The lowest BCUT2D eigenvalue weighted by Gasteiger charge is -2.30. The van der Waals surface area contributed by atoms with E-state index in [4.69, 9.17) is 4.74 Å². The van der Waals surface area contributed by atoms with Crippen LogP contribution in [-0.4, -0.2) is 37.1 Å². The van der Waals surface area contributed by atoms with Crippen LogP contribution in [0.3, 0.4) is 0 Å². The highest BCUT2D eigenvalue weighted by Crippen LogP contribution is 2.33. The monoisotopic (exact) mass is 354 g/mol. The molecule has 0 spiro atoms. The lowest BCUT2D eigenvalue weighted by atomic mass is 10.0. The molecule has 0 saturated carbocycles. The summed E-state index contributed by atoms with van der Waals surface area (Å²) >= 11 is 0. The van der Waals surface area contributed by atoms with Crippen LogP contribution in [0, 0.1) is 10.1 Å². The number of amides is 1. The predicted octanol–water partition coefficient (Wildman–Crippen LogP) is 2.29. The Morgan fingerprint density at radius 3 is 2.65 bits per heavy atom. The second-order valence-electron chi connectivity index (χ2n) is 6.20. The number of fused-ring (bicyclic) bond motifs is 1. The third kappa shape index (κ3) is 2.95. The van der Waals surface area contributed by atoms with Crippen LogP contribution in [0.5, 0.6) is 0 Å². The van der Waals surface area contributed by atoms with Crippen LogP contribution >= 0.6 is 0 Å². The van der Waals surface area contributed by atoms with Gasteiger partial charge in [0.15, 0.2) is 0 Å². The smallest absolute Gasteiger partial charge is 0.292 e. The standard InChI is InChI=1S/C18H18N4O4/c23-18-13-3-1-2-4-14(13)19-17(20-18)12-5-6-15(16(11-12)22(24)25)21-7-9-26-10-8-21/h1-6,11,17,19H,7-10H2,(H,20,23)/t17-/m0/s1. The number of anilines is 2. The number of benzene rings is 2. The van der Waals surface area contributed by atoms with E-state index in [0.717, 1.165) is 0 Å². The van der Waals surface area contributed by atoms with Gasteiger partial charge in [0.2, 0.25) is 0 Å². The fraction of sp³-hybridized carbons (Fsp3) is 0.278. The van der Waals surface area contributed by atoms with Crippen molar-refractivity contribution in [3.63, 3.8) is 0 Å².